The summed E-state index contributed by atoms with van der Waals surface area (Å²) < 4.78 is 3.74. The lowest BCUT2D eigenvalue weighted by Gasteiger charge is -2.23. The van der Waals surface area contributed by atoms with E-state index in [-0.39, 0.29) is 5.54 Å². The molecule has 1 aromatic carbocycles. The summed E-state index contributed by atoms with van der Waals surface area (Å²) >= 11 is 8.83. The number of hydrogen-bond donors (Lipinski definition) is 1. The Morgan fingerprint density at radius 3 is 2.61 bits per heavy atom. The number of hydrogen-bond acceptors (Lipinski definition) is 2. The van der Waals surface area contributed by atoms with Crippen LogP contribution in [0.15, 0.2) is 22.7 Å². The molecule has 1 aromatic heterocycles. The van der Waals surface area contributed by atoms with Gasteiger partial charge in [-0.3, -0.25) is 9.67 Å². The average molecular weight is 326 g/mol. The van der Waals surface area contributed by atoms with Crippen LogP contribution in [0.25, 0.3) is 11.4 Å². The predicted molar refractivity (Wildman–Crippen MR) is 80.3 cm³/mol. The zero-order valence-corrected chi connectivity index (χ0v) is 13.3. The molecule has 0 saturated heterocycles. The molecule has 0 saturated carbocycles. The van der Waals surface area contributed by atoms with E-state index in [4.69, 9.17) is 12.2 Å². The Balaban J connectivity index is 2.73. The van der Waals surface area contributed by atoms with E-state index in [1.54, 1.807) is 0 Å². The fraction of sp³-hybridized carbons (Fsp3) is 0.385. The normalized spacial score (nSPS) is 11.8. The van der Waals surface area contributed by atoms with Crippen molar-refractivity contribution in [3.8, 4) is 11.4 Å². The summed E-state index contributed by atoms with van der Waals surface area (Å²) in [5.74, 6) is 0.881. The predicted octanol–water partition coefficient (Wildman–Crippen LogP) is 4.43. The minimum Gasteiger partial charge on any atom is -0.295 e. The summed E-state index contributed by atoms with van der Waals surface area (Å²) in [5, 5.41) is 7.27. The van der Waals surface area contributed by atoms with Gasteiger partial charge < -0.3 is 0 Å². The third-order valence-corrected chi connectivity index (χ3v) is 3.55. The van der Waals surface area contributed by atoms with Crippen molar-refractivity contribution in [1.82, 2.24) is 14.8 Å². The van der Waals surface area contributed by atoms with Crippen molar-refractivity contribution in [1.29, 1.82) is 0 Å². The summed E-state index contributed by atoms with van der Waals surface area (Å²) in [6.45, 7) is 8.44. The number of benzene rings is 1. The van der Waals surface area contributed by atoms with E-state index in [1.165, 1.54) is 5.56 Å². The molecule has 0 bridgehead atoms. The van der Waals surface area contributed by atoms with Crippen molar-refractivity contribution < 1.29 is 0 Å². The quantitative estimate of drug-likeness (QED) is 0.786. The van der Waals surface area contributed by atoms with Crippen LogP contribution in [-0.2, 0) is 5.54 Å². The number of H-pyrrole nitrogens is 1. The van der Waals surface area contributed by atoms with Gasteiger partial charge in [0.2, 0.25) is 0 Å². The van der Waals surface area contributed by atoms with Gasteiger partial charge in [-0.05, 0) is 57.6 Å². The van der Waals surface area contributed by atoms with Crippen molar-refractivity contribution in [3.05, 3.63) is 33.0 Å². The Kier molecular flexibility index (Phi) is 3.47. The number of aromatic amines is 1. The van der Waals surface area contributed by atoms with Crippen LogP contribution in [0.5, 0.6) is 0 Å². The molecule has 0 unspecified atom stereocenters. The molecule has 2 aromatic rings. The van der Waals surface area contributed by atoms with Crippen molar-refractivity contribution >= 4 is 28.1 Å². The van der Waals surface area contributed by atoms with Crippen LogP contribution in [0, 0.1) is 11.7 Å². The highest BCUT2D eigenvalue weighted by Gasteiger charge is 2.21. The van der Waals surface area contributed by atoms with Gasteiger partial charge in [0.05, 0.1) is 0 Å². The van der Waals surface area contributed by atoms with Crippen LogP contribution in [-0.4, -0.2) is 14.8 Å². The van der Waals surface area contributed by atoms with E-state index in [2.05, 4.69) is 70.5 Å². The first-order valence-electron chi connectivity index (χ1n) is 5.75. The Labute approximate surface area is 120 Å². The highest BCUT2D eigenvalue weighted by Crippen LogP contribution is 2.29. The number of nitrogens with zero attached hydrogens (tertiary/aromatic N) is 2. The number of nitrogens with one attached hydrogen (secondary N) is 1. The third-order valence-electron chi connectivity index (χ3n) is 2.78. The second-order valence-corrected chi connectivity index (χ2v) is 6.62. The molecule has 0 aliphatic carbocycles. The highest BCUT2D eigenvalue weighted by atomic mass is 79.9. The van der Waals surface area contributed by atoms with Crippen molar-refractivity contribution in [2.24, 2.45) is 0 Å². The number of rotatable bonds is 1. The van der Waals surface area contributed by atoms with Gasteiger partial charge in [-0.25, -0.2) is 0 Å². The van der Waals surface area contributed by atoms with E-state index in [0.717, 1.165) is 15.9 Å². The largest absolute Gasteiger partial charge is 0.295 e. The molecule has 18 heavy (non-hydrogen) atoms. The van der Waals surface area contributed by atoms with Crippen LogP contribution < -0.4 is 0 Å². The van der Waals surface area contributed by atoms with Gasteiger partial charge >= 0.3 is 0 Å². The van der Waals surface area contributed by atoms with E-state index >= 15 is 0 Å². The maximum absolute atomic E-state index is 5.33. The zero-order chi connectivity index (χ0) is 13.5. The second kappa shape index (κ2) is 4.63. The molecule has 3 nitrogen and oxygen atoms in total. The van der Waals surface area contributed by atoms with E-state index in [9.17, 15) is 0 Å². The summed E-state index contributed by atoms with van der Waals surface area (Å²) in [4.78, 5) is 0. The first kappa shape index (κ1) is 13.5. The van der Waals surface area contributed by atoms with Gasteiger partial charge in [0.1, 0.15) is 0 Å². The molecule has 0 radical (unpaired) electrons. The molecular formula is C13H16BrN3S. The molecule has 1 N–H and O–H groups in total. The first-order valence-corrected chi connectivity index (χ1v) is 6.95. The molecule has 0 spiro atoms. The summed E-state index contributed by atoms with van der Waals surface area (Å²) in [7, 11) is 0. The second-order valence-electron chi connectivity index (χ2n) is 5.32. The monoisotopic (exact) mass is 325 g/mol. The molecule has 0 fully saturated rings. The third kappa shape index (κ3) is 2.42. The average Bonchev–Trinajstić information content (AvgIpc) is 2.63. The molecule has 0 aliphatic heterocycles. The lowest BCUT2D eigenvalue weighted by Crippen LogP contribution is -2.23. The number of halogens is 1. The fourth-order valence-corrected chi connectivity index (χ4v) is 2.70. The van der Waals surface area contributed by atoms with Crippen LogP contribution in [0.2, 0.25) is 0 Å². The van der Waals surface area contributed by atoms with Crippen molar-refractivity contribution in [2.45, 2.75) is 33.2 Å². The number of aromatic nitrogens is 3. The Morgan fingerprint density at radius 1 is 1.33 bits per heavy atom. The molecule has 0 aliphatic rings. The Morgan fingerprint density at radius 2 is 2.00 bits per heavy atom. The van der Waals surface area contributed by atoms with Gasteiger partial charge in [0.25, 0.3) is 0 Å². The maximum atomic E-state index is 5.33. The molecule has 0 amide bonds. The Bertz CT molecular complexity index is 634. The van der Waals surface area contributed by atoms with Crippen LogP contribution in [0.4, 0.5) is 0 Å². The summed E-state index contributed by atoms with van der Waals surface area (Å²) in [6.07, 6.45) is 0. The summed E-state index contributed by atoms with van der Waals surface area (Å²) in [5.41, 5.74) is 2.16. The first-order chi connectivity index (χ1) is 8.30. The molecular weight excluding hydrogens is 310 g/mol. The molecule has 0 atom stereocenters. The van der Waals surface area contributed by atoms with Crippen LogP contribution in [0.1, 0.15) is 26.3 Å². The van der Waals surface area contributed by atoms with Crippen molar-refractivity contribution in [2.75, 3.05) is 0 Å². The number of aryl methyl sites for hydroxylation is 1. The minimum absolute atomic E-state index is 0.103. The van der Waals surface area contributed by atoms with E-state index in [1.807, 2.05) is 6.07 Å². The standard InChI is InChI=1S/C13H16BrN3S/c1-8-5-6-9(14)7-10(8)11-15-16-12(18)17(11)13(2,3)4/h5-7H,1-4H3,(H,16,18). The molecule has 2 rings (SSSR count). The van der Waals surface area contributed by atoms with Gasteiger partial charge in [-0.15, -0.1) is 0 Å². The van der Waals surface area contributed by atoms with Crippen LogP contribution >= 0.6 is 28.1 Å². The van der Waals surface area contributed by atoms with Crippen molar-refractivity contribution in [3.63, 3.8) is 0 Å². The topological polar surface area (TPSA) is 33.6 Å². The van der Waals surface area contributed by atoms with E-state index < -0.39 is 0 Å². The Hall–Kier alpha value is -0.940. The minimum atomic E-state index is -0.103. The van der Waals surface area contributed by atoms with Crippen LogP contribution in [0.3, 0.4) is 0 Å². The lowest BCUT2D eigenvalue weighted by molar-refractivity contribution is 0.395. The molecule has 5 heteroatoms. The van der Waals surface area contributed by atoms with E-state index in [0.29, 0.717) is 4.77 Å². The lowest BCUT2D eigenvalue weighted by atomic mass is 10.1. The van der Waals surface area contributed by atoms with Gasteiger partial charge in [0.15, 0.2) is 10.6 Å². The maximum Gasteiger partial charge on any atom is 0.195 e. The smallest absolute Gasteiger partial charge is 0.195 e. The van der Waals surface area contributed by atoms with Gasteiger partial charge in [-0.2, -0.15) is 5.10 Å². The zero-order valence-electron chi connectivity index (χ0n) is 10.9. The SMILES string of the molecule is Cc1ccc(Br)cc1-c1n[nH]c(=S)n1C(C)(C)C. The summed E-state index contributed by atoms with van der Waals surface area (Å²) in [6, 6.07) is 6.17. The van der Waals surface area contributed by atoms with Gasteiger partial charge in [-0.1, -0.05) is 22.0 Å². The van der Waals surface area contributed by atoms with Gasteiger partial charge in [0, 0.05) is 15.6 Å². The molecule has 1 heterocycles. The highest BCUT2D eigenvalue weighted by molar-refractivity contribution is 9.10. The molecule has 96 valence electrons. The fourth-order valence-electron chi connectivity index (χ4n) is 1.94.